The second-order valence-electron chi connectivity index (χ2n) is 6.57. The summed E-state index contributed by atoms with van der Waals surface area (Å²) in [5.74, 6) is 0.226. The maximum atomic E-state index is 12.9. The minimum atomic E-state index is 0.169. The fourth-order valence-electron chi connectivity index (χ4n) is 3.70. The lowest BCUT2D eigenvalue weighted by atomic mass is 9.98. The number of para-hydroxylation sites is 1. The number of amides is 1. The summed E-state index contributed by atoms with van der Waals surface area (Å²) in [5.41, 5.74) is 3.40. The van der Waals surface area contributed by atoms with E-state index in [1.54, 1.807) is 0 Å². The third-order valence-corrected chi connectivity index (χ3v) is 4.93. The Labute approximate surface area is 142 Å². The van der Waals surface area contributed by atoms with Crippen LogP contribution in [0.2, 0.25) is 0 Å². The monoisotopic (exact) mass is 318 g/mol. The summed E-state index contributed by atoms with van der Waals surface area (Å²) in [4.78, 5) is 18.5. The average Bonchev–Trinajstić information content (AvgIpc) is 3.06. The molecule has 1 amide bonds. The number of piperidine rings is 1. The van der Waals surface area contributed by atoms with Gasteiger partial charge in [0.15, 0.2) is 0 Å². The number of H-pyrrole nitrogens is 1. The van der Waals surface area contributed by atoms with Crippen molar-refractivity contribution in [2.24, 2.45) is 0 Å². The maximum absolute atomic E-state index is 12.9. The normalized spacial score (nSPS) is 18.0. The SMILES string of the molecule is O=C(Cc1ccccc1)N1CCCCC1c1cc2ccccc2[nH]1. The van der Waals surface area contributed by atoms with Crippen molar-refractivity contribution in [2.75, 3.05) is 6.54 Å². The smallest absolute Gasteiger partial charge is 0.227 e. The van der Waals surface area contributed by atoms with E-state index < -0.39 is 0 Å². The molecule has 1 aromatic heterocycles. The first kappa shape index (κ1) is 15.0. The molecule has 3 heteroatoms. The Morgan fingerprint density at radius 3 is 2.67 bits per heavy atom. The van der Waals surface area contributed by atoms with Crippen LogP contribution in [0.3, 0.4) is 0 Å². The molecule has 1 saturated heterocycles. The van der Waals surface area contributed by atoms with Crippen LogP contribution in [-0.2, 0) is 11.2 Å². The van der Waals surface area contributed by atoms with Crippen LogP contribution in [0.25, 0.3) is 10.9 Å². The number of aromatic nitrogens is 1. The summed E-state index contributed by atoms with van der Waals surface area (Å²) < 4.78 is 0. The first-order valence-electron chi connectivity index (χ1n) is 8.72. The summed E-state index contributed by atoms with van der Waals surface area (Å²) in [7, 11) is 0. The molecule has 0 bridgehead atoms. The molecule has 2 aromatic carbocycles. The lowest BCUT2D eigenvalue weighted by Gasteiger charge is -2.35. The van der Waals surface area contributed by atoms with Crippen LogP contribution in [-0.4, -0.2) is 22.3 Å². The van der Waals surface area contributed by atoms with Crippen LogP contribution in [0.15, 0.2) is 60.7 Å². The van der Waals surface area contributed by atoms with Crippen molar-refractivity contribution < 1.29 is 4.79 Å². The molecule has 1 fully saturated rings. The topological polar surface area (TPSA) is 36.1 Å². The van der Waals surface area contributed by atoms with Gasteiger partial charge in [-0.1, -0.05) is 48.5 Å². The first-order chi connectivity index (χ1) is 11.8. The zero-order chi connectivity index (χ0) is 16.4. The van der Waals surface area contributed by atoms with Crippen LogP contribution < -0.4 is 0 Å². The van der Waals surface area contributed by atoms with Crippen LogP contribution in [0, 0.1) is 0 Å². The van der Waals surface area contributed by atoms with Crippen molar-refractivity contribution in [1.82, 2.24) is 9.88 Å². The Bertz CT molecular complexity index is 804. The fourth-order valence-corrected chi connectivity index (χ4v) is 3.70. The Morgan fingerprint density at radius 2 is 1.83 bits per heavy atom. The van der Waals surface area contributed by atoms with Crippen molar-refractivity contribution in [1.29, 1.82) is 0 Å². The number of benzene rings is 2. The second-order valence-corrected chi connectivity index (χ2v) is 6.57. The molecule has 0 radical (unpaired) electrons. The molecular weight excluding hydrogens is 296 g/mol. The first-order valence-corrected chi connectivity index (χ1v) is 8.72. The number of fused-ring (bicyclic) bond motifs is 1. The molecule has 1 N–H and O–H groups in total. The Kier molecular flexibility index (Phi) is 4.08. The Balaban J connectivity index is 1.59. The maximum Gasteiger partial charge on any atom is 0.227 e. The molecule has 4 rings (SSSR count). The highest BCUT2D eigenvalue weighted by Crippen LogP contribution is 2.32. The van der Waals surface area contributed by atoms with E-state index in [2.05, 4.69) is 34.1 Å². The highest BCUT2D eigenvalue weighted by atomic mass is 16.2. The van der Waals surface area contributed by atoms with E-state index >= 15 is 0 Å². The van der Waals surface area contributed by atoms with Gasteiger partial charge in [0.2, 0.25) is 5.91 Å². The van der Waals surface area contributed by atoms with E-state index in [4.69, 9.17) is 0 Å². The predicted octanol–water partition coefficient (Wildman–Crippen LogP) is 4.46. The summed E-state index contributed by atoms with van der Waals surface area (Å²) in [6.45, 7) is 0.853. The molecule has 1 atom stereocenters. The molecule has 1 aliphatic rings. The molecule has 24 heavy (non-hydrogen) atoms. The minimum absolute atomic E-state index is 0.169. The van der Waals surface area contributed by atoms with Crippen LogP contribution >= 0.6 is 0 Å². The van der Waals surface area contributed by atoms with Crippen molar-refractivity contribution >= 4 is 16.8 Å². The van der Waals surface area contributed by atoms with E-state index in [1.165, 1.54) is 11.8 Å². The van der Waals surface area contributed by atoms with Crippen molar-refractivity contribution in [3.8, 4) is 0 Å². The van der Waals surface area contributed by atoms with Crippen molar-refractivity contribution in [3.63, 3.8) is 0 Å². The van der Waals surface area contributed by atoms with Gasteiger partial charge in [-0.3, -0.25) is 4.79 Å². The second kappa shape index (κ2) is 6.52. The van der Waals surface area contributed by atoms with Gasteiger partial charge in [-0.2, -0.15) is 0 Å². The minimum Gasteiger partial charge on any atom is -0.357 e. The standard InChI is InChI=1S/C21H22N2O/c24-21(14-16-8-2-1-3-9-16)23-13-7-6-12-20(23)19-15-17-10-4-5-11-18(17)22-19/h1-5,8-11,15,20,22H,6-7,12-14H2. The number of likely N-dealkylation sites (tertiary alicyclic amines) is 1. The number of aromatic amines is 1. The van der Waals surface area contributed by atoms with Gasteiger partial charge >= 0.3 is 0 Å². The number of rotatable bonds is 3. The number of carbonyl (C=O) groups excluding carboxylic acids is 1. The number of carbonyl (C=O) groups is 1. The number of nitrogens with one attached hydrogen (secondary N) is 1. The van der Waals surface area contributed by atoms with Gasteiger partial charge in [0.05, 0.1) is 12.5 Å². The summed E-state index contributed by atoms with van der Waals surface area (Å²) in [5, 5.41) is 1.22. The van der Waals surface area contributed by atoms with Gasteiger partial charge in [-0.25, -0.2) is 0 Å². The van der Waals surface area contributed by atoms with Crippen LogP contribution in [0.1, 0.15) is 36.6 Å². The molecule has 0 aliphatic carbocycles. The number of hydrogen-bond donors (Lipinski definition) is 1. The van der Waals surface area contributed by atoms with Crippen LogP contribution in [0.4, 0.5) is 0 Å². The zero-order valence-electron chi connectivity index (χ0n) is 13.7. The molecule has 0 saturated carbocycles. The molecule has 1 aliphatic heterocycles. The molecule has 3 aromatic rings. The molecular formula is C21H22N2O. The third kappa shape index (κ3) is 2.94. The highest BCUT2D eigenvalue weighted by Gasteiger charge is 2.28. The van der Waals surface area contributed by atoms with Crippen LogP contribution in [0.5, 0.6) is 0 Å². The quantitative estimate of drug-likeness (QED) is 0.760. The molecule has 2 heterocycles. The Hall–Kier alpha value is -2.55. The number of hydrogen-bond acceptors (Lipinski definition) is 1. The summed E-state index contributed by atoms with van der Waals surface area (Å²) >= 11 is 0. The highest BCUT2D eigenvalue weighted by molar-refractivity contribution is 5.82. The van der Waals surface area contributed by atoms with Crippen molar-refractivity contribution in [3.05, 3.63) is 71.9 Å². The average molecular weight is 318 g/mol. The van der Waals surface area contributed by atoms with Gasteiger partial charge in [-0.15, -0.1) is 0 Å². The van der Waals surface area contributed by atoms with Gasteiger partial charge in [0, 0.05) is 17.8 Å². The van der Waals surface area contributed by atoms with E-state index in [-0.39, 0.29) is 11.9 Å². The van der Waals surface area contributed by atoms with E-state index in [0.29, 0.717) is 6.42 Å². The third-order valence-electron chi connectivity index (χ3n) is 4.93. The Morgan fingerprint density at radius 1 is 1.04 bits per heavy atom. The molecule has 3 nitrogen and oxygen atoms in total. The number of nitrogens with zero attached hydrogens (tertiary/aromatic N) is 1. The van der Waals surface area contributed by atoms with Gasteiger partial charge in [0.1, 0.15) is 0 Å². The van der Waals surface area contributed by atoms with Crippen molar-refractivity contribution in [2.45, 2.75) is 31.7 Å². The van der Waals surface area contributed by atoms with Gasteiger partial charge in [-0.05, 0) is 42.3 Å². The predicted molar refractivity (Wildman–Crippen MR) is 96.7 cm³/mol. The van der Waals surface area contributed by atoms with E-state index in [1.807, 2.05) is 36.4 Å². The van der Waals surface area contributed by atoms with Gasteiger partial charge in [0.25, 0.3) is 0 Å². The summed E-state index contributed by atoms with van der Waals surface area (Å²) in [6.07, 6.45) is 3.79. The zero-order valence-corrected chi connectivity index (χ0v) is 13.7. The largest absolute Gasteiger partial charge is 0.357 e. The fraction of sp³-hybridized carbons (Fsp3) is 0.286. The van der Waals surface area contributed by atoms with E-state index in [0.717, 1.165) is 36.2 Å². The molecule has 122 valence electrons. The lowest BCUT2D eigenvalue weighted by Crippen LogP contribution is -2.39. The molecule has 0 spiro atoms. The van der Waals surface area contributed by atoms with E-state index in [9.17, 15) is 4.79 Å². The van der Waals surface area contributed by atoms with Gasteiger partial charge < -0.3 is 9.88 Å². The summed E-state index contributed by atoms with van der Waals surface area (Å²) in [6, 6.07) is 20.7. The lowest BCUT2D eigenvalue weighted by molar-refractivity contribution is -0.134. The molecule has 1 unspecified atom stereocenters.